The van der Waals surface area contributed by atoms with Crippen LogP contribution in [0.4, 0.5) is 0 Å². The van der Waals surface area contributed by atoms with Gasteiger partial charge in [-0.25, -0.2) is 4.98 Å². The topological polar surface area (TPSA) is 38.7 Å². The van der Waals surface area contributed by atoms with Crippen molar-refractivity contribution in [3.8, 4) is 22.8 Å². The number of hydrogen-bond donors (Lipinski definition) is 0. The van der Waals surface area contributed by atoms with Gasteiger partial charge in [-0.3, -0.25) is 0 Å². The Hall–Kier alpha value is -2.26. The number of unbranched alkanes of at least 4 members (excludes halogenated alkanes) is 1. The Morgan fingerprint density at radius 1 is 0.778 bits per heavy atom. The SMILES string of the molecule is CCCCc1ccc(-c2nc(Cl)nc(-c3ccc(C(C)(C)C)cc3)n2)cc1. The number of aryl methyl sites for hydroxylation is 1. The number of aromatic nitrogens is 3. The lowest BCUT2D eigenvalue weighted by molar-refractivity contribution is 0.590. The molecule has 1 heterocycles. The first-order chi connectivity index (χ1) is 12.9. The summed E-state index contributed by atoms with van der Waals surface area (Å²) in [5, 5.41) is 0.213. The van der Waals surface area contributed by atoms with Gasteiger partial charge in [-0.1, -0.05) is 82.6 Å². The van der Waals surface area contributed by atoms with E-state index >= 15 is 0 Å². The van der Waals surface area contributed by atoms with E-state index in [-0.39, 0.29) is 10.7 Å². The first-order valence-corrected chi connectivity index (χ1v) is 9.86. The molecule has 27 heavy (non-hydrogen) atoms. The molecule has 0 saturated carbocycles. The van der Waals surface area contributed by atoms with E-state index in [1.165, 1.54) is 24.0 Å². The van der Waals surface area contributed by atoms with Crippen LogP contribution in [0.25, 0.3) is 22.8 Å². The first kappa shape index (κ1) is 19.5. The van der Waals surface area contributed by atoms with Gasteiger partial charge in [0.1, 0.15) is 0 Å². The standard InChI is InChI=1S/C23H26ClN3/c1-5-6-7-16-8-10-17(11-9-16)20-25-21(27-22(24)26-20)18-12-14-19(15-13-18)23(2,3)4/h8-15H,5-7H2,1-4H3. The van der Waals surface area contributed by atoms with E-state index in [1.807, 2.05) is 12.1 Å². The lowest BCUT2D eigenvalue weighted by Gasteiger charge is -2.19. The average Bonchev–Trinajstić information content (AvgIpc) is 2.66. The largest absolute Gasteiger partial charge is 0.226 e. The third kappa shape index (κ3) is 4.92. The molecule has 2 aromatic carbocycles. The molecule has 0 aliphatic carbocycles. The van der Waals surface area contributed by atoms with Crippen LogP contribution in [0.1, 0.15) is 51.7 Å². The smallest absolute Gasteiger partial charge is 0.208 e. The highest BCUT2D eigenvalue weighted by Crippen LogP contribution is 2.26. The van der Waals surface area contributed by atoms with Crippen molar-refractivity contribution in [3.05, 3.63) is 64.9 Å². The maximum atomic E-state index is 6.19. The van der Waals surface area contributed by atoms with Gasteiger partial charge in [-0.15, -0.1) is 0 Å². The molecule has 0 bridgehead atoms. The van der Waals surface area contributed by atoms with Crippen molar-refractivity contribution in [1.82, 2.24) is 15.0 Å². The summed E-state index contributed by atoms with van der Waals surface area (Å²) in [4.78, 5) is 13.3. The molecule has 0 amide bonds. The second-order valence-corrected chi connectivity index (χ2v) is 8.22. The van der Waals surface area contributed by atoms with E-state index in [1.54, 1.807) is 0 Å². The predicted molar refractivity (Wildman–Crippen MR) is 113 cm³/mol. The van der Waals surface area contributed by atoms with E-state index in [0.717, 1.165) is 17.5 Å². The van der Waals surface area contributed by atoms with Crippen molar-refractivity contribution < 1.29 is 0 Å². The lowest BCUT2D eigenvalue weighted by atomic mass is 9.87. The normalized spacial score (nSPS) is 11.6. The number of nitrogens with zero attached hydrogens (tertiary/aromatic N) is 3. The highest BCUT2D eigenvalue weighted by molar-refractivity contribution is 6.28. The fraction of sp³-hybridized carbons (Fsp3) is 0.348. The van der Waals surface area contributed by atoms with Crippen molar-refractivity contribution in [1.29, 1.82) is 0 Å². The number of halogens is 1. The number of hydrogen-bond acceptors (Lipinski definition) is 3. The molecule has 3 rings (SSSR count). The van der Waals surface area contributed by atoms with Crippen LogP contribution in [0.15, 0.2) is 48.5 Å². The molecule has 0 aliphatic rings. The van der Waals surface area contributed by atoms with Gasteiger partial charge in [0.05, 0.1) is 0 Å². The van der Waals surface area contributed by atoms with Gasteiger partial charge in [0.15, 0.2) is 11.6 Å². The highest BCUT2D eigenvalue weighted by atomic mass is 35.5. The first-order valence-electron chi connectivity index (χ1n) is 9.48. The molecule has 3 aromatic rings. The zero-order valence-electron chi connectivity index (χ0n) is 16.5. The molecule has 0 fully saturated rings. The monoisotopic (exact) mass is 379 g/mol. The van der Waals surface area contributed by atoms with Gasteiger partial charge in [-0.05, 0) is 41.0 Å². The van der Waals surface area contributed by atoms with Gasteiger partial charge in [-0.2, -0.15) is 9.97 Å². The Morgan fingerprint density at radius 3 is 1.78 bits per heavy atom. The maximum absolute atomic E-state index is 6.19. The van der Waals surface area contributed by atoms with Gasteiger partial charge in [0.2, 0.25) is 5.28 Å². The third-order valence-electron chi connectivity index (χ3n) is 4.65. The van der Waals surface area contributed by atoms with E-state index in [0.29, 0.717) is 11.6 Å². The minimum Gasteiger partial charge on any atom is -0.208 e. The molecule has 0 unspecified atom stereocenters. The fourth-order valence-electron chi connectivity index (χ4n) is 2.93. The number of rotatable bonds is 5. The predicted octanol–water partition coefficient (Wildman–Crippen LogP) is 6.50. The lowest BCUT2D eigenvalue weighted by Crippen LogP contribution is -2.10. The molecule has 0 atom stereocenters. The fourth-order valence-corrected chi connectivity index (χ4v) is 3.09. The van der Waals surface area contributed by atoms with Crippen LogP contribution in [0.5, 0.6) is 0 Å². The molecular formula is C23H26ClN3. The molecule has 0 aliphatic heterocycles. The third-order valence-corrected chi connectivity index (χ3v) is 4.82. The molecular weight excluding hydrogens is 354 g/mol. The summed E-state index contributed by atoms with van der Waals surface area (Å²) in [6, 6.07) is 16.7. The average molecular weight is 380 g/mol. The van der Waals surface area contributed by atoms with Crippen LogP contribution in [0.3, 0.4) is 0 Å². The molecule has 1 aromatic heterocycles. The van der Waals surface area contributed by atoms with E-state index in [4.69, 9.17) is 11.6 Å². The van der Waals surface area contributed by atoms with Crippen LogP contribution in [0.2, 0.25) is 5.28 Å². The molecule has 3 nitrogen and oxygen atoms in total. The van der Waals surface area contributed by atoms with Gasteiger partial charge < -0.3 is 0 Å². The Bertz CT molecular complexity index is 894. The maximum Gasteiger partial charge on any atom is 0.226 e. The molecule has 4 heteroatoms. The van der Waals surface area contributed by atoms with Crippen LogP contribution in [-0.4, -0.2) is 15.0 Å². The molecule has 0 spiro atoms. The summed E-state index contributed by atoms with van der Waals surface area (Å²) >= 11 is 6.19. The van der Waals surface area contributed by atoms with Crippen molar-refractivity contribution in [3.63, 3.8) is 0 Å². The minimum atomic E-state index is 0.111. The van der Waals surface area contributed by atoms with E-state index in [9.17, 15) is 0 Å². The Kier molecular flexibility index (Phi) is 5.91. The van der Waals surface area contributed by atoms with Crippen molar-refractivity contribution >= 4 is 11.6 Å². The zero-order chi connectivity index (χ0) is 19.4. The number of benzene rings is 2. The summed E-state index contributed by atoms with van der Waals surface area (Å²) < 4.78 is 0. The van der Waals surface area contributed by atoms with Crippen molar-refractivity contribution in [2.24, 2.45) is 0 Å². The highest BCUT2D eigenvalue weighted by Gasteiger charge is 2.14. The van der Waals surface area contributed by atoms with Crippen LogP contribution in [-0.2, 0) is 11.8 Å². The Labute approximate surface area is 166 Å². The van der Waals surface area contributed by atoms with Gasteiger partial charge >= 0.3 is 0 Å². The molecule has 0 radical (unpaired) electrons. The summed E-state index contributed by atoms with van der Waals surface area (Å²) in [6.45, 7) is 8.80. The van der Waals surface area contributed by atoms with E-state index < -0.39 is 0 Å². The van der Waals surface area contributed by atoms with Gasteiger partial charge in [0, 0.05) is 11.1 Å². The minimum absolute atomic E-state index is 0.111. The van der Waals surface area contributed by atoms with Crippen LogP contribution < -0.4 is 0 Å². The molecule has 0 saturated heterocycles. The second kappa shape index (κ2) is 8.18. The summed E-state index contributed by atoms with van der Waals surface area (Å²) in [7, 11) is 0. The zero-order valence-corrected chi connectivity index (χ0v) is 17.2. The molecule has 140 valence electrons. The van der Waals surface area contributed by atoms with Crippen molar-refractivity contribution in [2.75, 3.05) is 0 Å². The Balaban J connectivity index is 1.90. The molecule has 0 N–H and O–H groups in total. The quantitative estimate of drug-likeness (QED) is 0.507. The summed E-state index contributed by atoms with van der Waals surface area (Å²) in [5.41, 5.74) is 4.60. The Morgan fingerprint density at radius 2 is 1.30 bits per heavy atom. The van der Waals surface area contributed by atoms with E-state index in [2.05, 4.69) is 79.0 Å². The van der Waals surface area contributed by atoms with Crippen molar-refractivity contribution in [2.45, 2.75) is 52.4 Å². The summed E-state index contributed by atoms with van der Waals surface area (Å²) in [6.07, 6.45) is 3.49. The second-order valence-electron chi connectivity index (χ2n) is 7.88. The summed E-state index contributed by atoms with van der Waals surface area (Å²) in [5.74, 6) is 1.20. The van der Waals surface area contributed by atoms with Crippen LogP contribution >= 0.6 is 11.6 Å². The van der Waals surface area contributed by atoms with Gasteiger partial charge in [0.25, 0.3) is 0 Å². The van der Waals surface area contributed by atoms with Crippen LogP contribution in [0, 0.1) is 0 Å².